The van der Waals surface area contributed by atoms with E-state index in [2.05, 4.69) is 10.6 Å². The number of benzene rings is 1. The molecular weight excluding hydrogens is 254 g/mol. The van der Waals surface area contributed by atoms with Gasteiger partial charge < -0.3 is 16.4 Å². The second-order valence-corrected chi connectivity index (χ2v) is 5.27. The summed E-state index contributed by atoms with van der Waals surface area (Å²) in [6, 6.07) is 7.01. The van der Waals surface area contributed by atoms with Crippen molar-refractivity contribution >= 4 is 17.5 Å². The third kappa shape index (κ3) is 3.57. The minimum atomic E-state index is -0.138. The second kappa shape index (κ2) is 6.52. The van der Waals surface area contributed by atoms with Gasteiger partial charge in [-0.25, -0.2) is 0 Å². The summed E-state index contributed by atoms with van der Waals surface area (Å²) in [7, 11) is 1.59. The second-order valence-electron chi connectivity index (χ2n) is 5.27. The molecule has 1 fully saturated rings. The van der Waals surface area contributed by atoms with Gasteiger partial charge in [0.05, 0.1) is 0 Å². The lowest BCUT2D eigenvalue weighted by molar-refractivity contribution is -0.120. The molecule has 2 unspecified atom stereocenters. The van der Waals surface area contributed by atoms with Gasteiger partial charge in [0.2, 0.25) is 5.91 Å². The summed E-state index contributed by atoms with van der Waals surface area (Å²) in [6.45, 7) is 0. The van der Waals surface area contributed by atoms with Crippen LogP contribution < -0.4 is 16.4 Å². The van der Waals surface area contributed by atoms with E-state index in [4.69, 9.17) is 5.73 Å². The number of nitrogens with one attached hydrogen (secondary N) is 2. The number of hydrogen-bond acceptors (Lipinski definition) is 3. The van der Waals surface area contributed by atoms with Crippen molar-refractivity contribution in [2.45, 2.75) is 31.7 Å². The molecule has 0 heterocycles. The van der Waals surface area contributed by atoms with Gasteiger partial charge in [0.15, 0.2) is 0 Å². The zero-order chi connectivity index (χ0) is 14.5. The quantitative estimate of drug-likeness (QED) is 0.781. The van der Waals surface area contributed by atoms with E-state index in [1.165, 1.54) is 0 Å². The Kier molecular flexibility index (Phi) is 4.74. The SMILES string of the molecule is CNC(=O)c1ccc(NC(=O)C2CCCC(N)C2)cc1. The van der Waals surface area contributed by atoms with Crippen LogP contribution in [0.15, 0.2) is 24.3 Å². The number of hydrogen-bond donors (Lipinski definition) is 3. The maximum atomic E-state index is 12.1. The van der Waals surface area contributed by atoms with Crippen LogP contribution >= 0.6 is 0 Å². The molecule has 1 aliphatic rings. The Hall–Kier alpha value is -1.88. The molecule has 5 nitrogen and oxygen atoms in total. The van der Waals surface area contributed by atoms with Crippen LogP contribution in [0.5, 0.6) is 0 Å². The normalized spacial score (nSPS) is 22.1. The third-order valence-corrected chi connectivity index (χ3v) is 3.73. The summed E-state index contributed by atoms with van der Waals surface area (Å²) < 4.78 is 0. The number of rotatable bonds is 3. The van der Waals surface area contributed by atoms with Gasteiger partial charge >= 0.3 is 0 Å². The molecule has 0 radical (unpaired) electrons. The van der Waals surface area contributed by atoms with Crippen molar-refractivity contribution in [2.75, 3.05) is 12.4 Å². The van der Waals surface area contributed by atoms with E-state index in [1.807, 2.05) is 0 Å². The van der Waals surface area contributed by atoms with Crippen molar-refractivity contribution in [1.29, 1.82) is 0 Å². The van der Waals surface area contributed by atoms with Gasteiger partial charge in [-0.05, 0) is 43.5 Å². The van der Waals surface area contributed by atoms with Crippen LogP contribution in [-0.4, -0.2) is 24.9 Å². The Morgan fingerprint density at radius 2 is 1.90 bits per heavy atom. The lowest BCUT2D eigenvalue weighted by atomic mass is 9.85. The molecule has 1 aromatic carbocycles. The molecule has 4 N–H and O–H groups in total. The average Bonchev–Trinajstić information content (AvgIpc) is 2.47. The zero-order valence-electron chi connectivity index (χ0n) is 11.7. The molecular formula is C15H21N3O2. The van der Waals surface area contributed by atoms with E-state index in [9.17, 15) is 9.59 Å². The van der Waals surface area contributed by atoms with Crippen LogP contribution in [0.1, 0.15) is 36.0 Å². The summed E-state index contributed by atoms with van der Waals surface area (Å²) in [5, 5.41) is 5.45. The number of anilines is 1. The number of carbonyl (C=O) groups is 2. The molecule has 0 aromatic heterocycles. The molecule has 5 heteroatoms. The first-order valence-electron chi connectivity index (χ1n) is 6.98. The molecule has 0 aliphatic heterocycles. The maximum Gasteiger partial charge on any atom is 0.251 e. The molecule has 0 spiro atoms. The van der Waals surface area contributed by atoms with E-state index in [0.29, 0.717) is 11.3 Å². The third-order valence-electron chi connectivity index (χ3n) is 3.73. The minimum absolute atomic E-state index is 0.00244. The minimum Gasteiger partial charge on any atom is -0.355 e. The fraction of sp³-hybridized carbons (Fsp3) is 0.467. The summed E-state index contributed by atoms with van der Waals surface area (Å²) in [4.78, 5) is 23.6. The highest BCUT2D eigenvalue weighted by Gasteiger charge is 2.25. The molecule has 1 aliphatic carbocycles. The van der Waals surface area contributed by atoms with Gasteiger partial charge in [-0.2, -0.15) is 0 Å². The van der Waals surface area contributed by atoms with Crippen LogP contribution in [0.3, 0.4) is 0 Å². The summed E-state index contributed by atoms with van der Waals surface area (Å²) in [6.07, 6.45) is 3.66. The van der Waals surface area contributed by atoms with Crippen molar-refractivity contribution < 1.29 is 9.59 Å². The van der Waals surface area contributed by atoms with Crippen LogP contribution in [0.4, 0.5) is 5.69 Å². The Labute approximate surface area is 118 Å². The first-order chi connectivity index (χ1) is 9.60. The van der Waals surface area contributed by atoms with Crippen molar-refractivity contribution in [1.82, 2.24) is 5.32 Å². The van der Waals surface area contributed by atoms with Crippen LogP contribution in [-0.2, 0) is 4.79 Å². The number of carbonyl (C=O) groups excluding carboxylic acids is 2. The fourth-order valence-electron chi connectivity index (χ4n) is 2.56. The van der Waals surface area contributed by atoms with E-state index in [-0.39, 0.29) is 23.8 Å². The zero-order valence-corrected chi connectivity index (χ0v) is 11.7. The van der Waals surface area contributed by atoms with Crippen LogP contribution in [0.25, 0.3) is 0 Å². The predicted octanol–water partition coefficient (Wildman–Crippen LogP) is 1.50. The van der Waals surface area contributed by atoms with Gasteiger partial charge in [-0.15, -0.1) is 0 Å². The monoisotopic (exact) mass is 275 g/mol. The van der Waals surface area contributed by atoms with Gasteiger partial charge in [0.1, 0.15) is 0 Å². The molecule has 1 aromatic rings. The largest absolute Gasteiger partial charge is 0.355 e. The number of nitrogens with two attached hydrogens (primary N) is 1. The average molecular weight is 275 g/mol. The van der Waals surface area contributed by atoms with E-state index < -0.39 is 0 Å². The molecule has 2 amide bonds. The highest BCUT2D eigenvalue weighted by atomic mass is 16.2. The molecule has 108 valence electrons. The van der Waals surface area contributed by atoms with Crippen molar-refractivity contribution in [3.63, 3.8) is 0 Å². The Balaban J connectivity index is 1.95. The van der Waals surface area contributed by atoms with Crippen molar-refractivity contribution in [2.24, 2.45) is 11.7 Å². The standard InChI is InChI=1S/C15H21N3O2/c1-17-14(19)10-5-7-13(8-6-10)18-15(20)11-3-2-4-12(16)9-11/h5-8,11-12H,2-4,9,16H2,1H3,(H,17,19)(H,18,20). The smallest absolute Gasteiger partial charge is 0.251 e. The van der Waals surface area contributed by atoms with Gasteiger partial charge in [-0.1, -0.05) is 6.42 Å². The number of amides is 2. The molecule has 0 saturated heterocycles. The molecule has 2 atom stereocenters. The van der Waals surface area contributed by atoms with Gasteiger partial charge in [0, 0.05) is 30.3 Å². The van der Waals surface area contributed by atoms with E-state index in [0.717, 1.165) is 25.7 Å². The summed E-state index contributed by atoms with van der Waals surface area (Å²) in [5.41, 5.74) is 7.18. The van der Waals surface area contributed by atoms with Crippen molar-refractivity contribution in [3.05, 3.63) is 29.8 Å². The Bertz CT molecular complexity index is 484. The molecule has 1 saturated carbocycles. The fourth-order valence-corrected chi connectivity index (χ4v) is 2.56. The summed E-state index contributed by atoms with van der Waals surface area (Å²) >= 11 is 0. The van der Waals surface area contributed by atoms with E-state index >= 15 is 0 Å². The van der Waals surface area contributed by atoms with Crippen LogP contribution in [0, 0.1) is 5.92 Å². The van der Waals surface area contributed by atoms with Crippen LogP contribution in [0.2, 0.25) is 0 Å². The molecule has 0 bridgehead atoms. The first-order valence-corrected chi connectivity index (χ1v) is 6.98. The maximum absolute atomic E-state index is 12.1. The van der Waals surface area contributed by atoms with Gasteiger partial charge in [-0.3, -0.25) is 9.59 Å². The topological polar surface area (TPSA) is 84.2 Å². The lowest BCUT2D eigenvalue weighted by Gasteiger charge is -2.25. The lowest BCUT2D eigenvalue weighted by Crippen LogP contribution is -2.34. The molecule has 2 rings (SSSR count). The first kappa shape index (κ1) is 14.5. The molecule has 20 heavy (non-hydrogen) atoms. The highest BCUT2D eigenvalue weighted by Crippen LogP contribution is 2.24. The summed E-state index contributed by atoms with van der Waals surface area (Å²) in [5.74, 6) is -0.119. The van der Waals surface area contributed by atoms with Gasteiger partial charge in [0.25, 0.3) is 5.91 Å². The Morgan fingerprint density at radius 3 is 2.50 bits per heavy atom. The predicted molar refractivity (Wildman–Crippen MR) is 78.4 cm³/mol. The Morgan fingerprint density at radius 1 is 1.20 bits per heavy atom. The van der Waals surface area contributed by atoms with Crippen molar-refractivity contribution in [3.8, 4) is 0 Å². The van der Waals surface area contributed by atoms with E-state index in [1.54, 1.807) is 31.3 Å². The highest BCUT2D eigenvalue weighted by molar-refractivity contribution is 5.96.